The first-order chi connectivity index (χ1) is 14.6. The highest BCUT2D eigenvalue weighted by Crippen LogP contribution is 2.34. The Morgan fingerprint density at radius 2 is 1.84 bits per heavy atom. The molecule has 4 aromatic rings. The lowest BCUT2D eigenvalue weighted by atomic mass is 10.1. The zero-order valence-electron chi connectivity index (χ0n) is 16.9. The summed E-state index contributed by atoms with van der Waals surface area (Å²) >= 11 is 6.25. The van der Waals surface area contributed by atoms with Gasteiger partial charge in [0.05, 0.1) is 21.6 Å². The Morgan fingerprint density at radius 3 is 2.52 bits per heavy atom. The summed E-state index contributed by atoms with van der Waals surface area (Å²) in [6.45, 7) is 5.63. The Bertz CT molecular complexity index is 1340. The molecule has 2 heterocycles. The zero-order chi connectivity index (χ0) is 22.3. The molecule has 5 nitrogen and oxygen atoms in total. The molecule has 0 unspecified atom stereocenters. The highest BCUT2D eigenvalue weighted by Gasteiger charge is 2.36. The molecule has 0 saturated carbocycles. The fourth-order valence-electron chi connectivity index (χ4n) is 3.17. The number of alkyl halides is 3. The van der Waals surface area contributed by atoms with E-state index < -0.39 is 11.9 Å². The van der Waals surface area contributed by atoms with Crippen molar-refractivity contribution in [3.8, 4) is 17.3 Å². The van der Waals surface area contributed by atoms with Crippen molar-refractivity contribution in [3.05, 3.63) is 70.4 Å². The summed E-state index contributed by atoms with van der Waals surface area (Å²) in [6, 6.07) is 12.8. The fraction of sp³-hybridized carbons (Fsp3) is 0.227. The number of aryl methyl sites for hydroxylation is 1. The lowest BCUT2D eigenvalue weighted by Gasteiger charge is -2.10. The van der Waals surface area contributed by atoms with E-state index in [1.807, 2.05) is 39.0 Å². The molecule has 2 aromatic heterocycles. The van der Waals surface area contributed by atoms with Crippen molar-refractivity contribution in [2.45, 2.75) is 33.0 Å². The molecule has 31 heavy (non-hydrogen) atoms. The van der Waals surface area contributed by atoms with Gasteiger partial charge in [0.25, 0.3) is 0 Å². The van der Waals surface area contributed by atoms with Gasteiger partial charge >= 0.3 is 6.18 Å². The average molecular weight is 447 g/mol. The van der Waals surface area contributed by atoms with Crippen LogP contribution in [0.2, 0.25) is 5.02 Å². The molecule has 9 heteroatoms. The summed E-state index contributed by atoms with van der Waals surface area (Å²) < 4.78 is 47.5. The predicted octanol–water partition coefficient (Wildman–Crippen LogP) is 5.97. The SMILES string of the molecule is Cc1cccc2/c(=N/C(C)C)oc(-c3cc(C(F)(F)F)nn3-c3ccccc3Cl)nc12. The molecule has 4 rings (SSSR count). The molecule has 0 saturated heterocycles. The Kier molecular flexibility index (Phi) is 5.35. The molecule has 0 amide bonds. The maximum absolute atomic E-state index is 13.5. The second kappa shape index (κ2) is 7.85. The Balaban J connectivity index is 2.08. The summed E-state index contributed by atoms with van der Waals surface area (Å²) in [4.78, 5) is 9.03. The van der Waals surface area contributed by atoms with Crippen LogP contribution in [-0.4, -0.2) is 20.8 Å². The van der Waals surface area contributed by atoms with Gasteiger partial charge in [-0.05, 0) is 44.5 Å². The van der Waals surface area contributed by atoms with Crippen molar-refractivity contribution in [1.82, 2.24) is 14.8 Å². The first-order valence-electron chi connectivity index (χ1n) is 9.52. The third-order valence-electron chi connectivity index (χ3n) is 4.55. The van der Waals surface area contributed by atoms with Crippen LogP contribution in [-0.2, 0) is 6.18 Å². The highest BCUT2D eigenvalue weighted by molar-refractivity contribution is 6.32. The summed E-state index contributed by atoms with van der Waals surface area (Å²) in [5.41, 5.74) is 0.939. The van der Waals surface area contributed by atoms with Gasteiger partial charge in [0.15, 0.2) is 5.69 Å². The van der Waals surface area contributed by atoms with E-state index in [4.69, 9.17) is 16.0 Å². The Labute approximate surface area is 180 Å². The highest BCUT2D eigenvalue weighted by atomic mass is 35.5. The number of hydrogen-bond donors (Lipinski definition) is 0. The summed E-state index contributed by atoms with van der Waals surface area (Å²) in [5.74, 6) is -0.0379. The van der Waals surface area contributed by atoms with Gasteiger partial charge in [0.1, 0.15) is 5.69 Å². The molecule has 0 N–H and O–H groups in total. The third-order valence-corrected chi connectivity index (χ3v) is 4.87. The quantitative estimate of drug-likeness (QED) is 0.389. The Hall–Kier alpha value is -3.13. The minimum atomic E-state index is -4.65. The number of nitrogens with zero attached hydrogens (tertiary/aromatic N) is 4. The number of hydrogen-bond acceptors (Lipinski definition) is 4. The third kappa shape index (κ3) is 4.07. The van der Waals surface area contributed by atoms with Gasteiger partial charge < -0.3 is 4.42 Å². The number of rotatable bonds is 3. The largest absolute Gasteiger partial charge is 0.435 e. The van der Waals surface area contributed by atoms with Crippen LogP contribution in [0.15, 0.2) is 57.9 Å². The van der Waals surface area contributed by atoms with Gasteiger partial charge in [0, 0.05) is 12.1 Å². The molecule has 0 aliphatic heterocycles. The van der Waals surface area contributed by atoms with E-state index >= 15 is 0 Å². The van der Waals surface area contributed by atoms with E-state index in [9.17, 15) is 13.2 Å². The van der Waals surface area contributed by atoms with Crippen molar-refractivity contribution in [2.75, 3.05) is 0 Å². The molecule has 0 radical (unpaired) electrons. The topological polar surface area (TPSA) is 56.2 Å². The molecule has 160 valence electrons. The maximum atomic E-state index is 13.5. The normalized spacial score (nSPS) is 12.8. The van der Waals surface area contributed by atoms with Crippen molar-refractivity contribution in [2.24, 2.45) is 4.99 Å². The number of benzene rings is 2. The first kappa shape index (κ1) is 21.1. The van der Waals surface area contributed by atoms with Crippen LogP contribution in [0.5, 0.6) is 0 Å². The molecule has 0 bridgehead atoms. The fourth-order valence-corrected chi connectivity index (χ4v) is 3.39. The molecule has 0 aliphatic carbocycles. The molecule has 0 aliphatic rings. The van der Waals surface area contributed by atoms with Crippen molar-refractivity contribution < 1.29 is 17.6 Å². The average Bonchev–Trinajstić information content (AvgIpc) is 3.14. The van der Waals surface area contributed by atoms with Gasteiger partial charge in [-0.1, -0.05) is 35.9 Å². The summed E-state index contributed by atoms with van der Waals surface area (Å²) in [6.07, 6.45) is -4.65. The standard InChI is InChI=1S/C22H18ClF3N4O/c1-12(2)27-20-14-8-6-7-13(3)19(14)28-21(31-20)17-11-18(22(24,25)26)29-30(17)16-10-5-4-9-15(16)23/h4-12H,1-3H3/b27-20-. The molecular weight excluding hydrogens is 429 g/mol. The number of aromatic nitrogens is 3. The molecule has 0 spiro atoms. The van der Waals surface area contributed by atoms with Gasteiger partial charge in [-0.3, -0.25) is 0 Å². The van der Waals surface area contributed by atoms with Crippen LogP contribution in [0.4, 0.5) is 13.2 Å². The number of halogens is 4. The maximum Gasteiger partial charge on any atom is 0.435 e. The van der Waals surface area contributed by atoms with Crippen LogP contribution in [0.1, 0.15) is 25.1 Å². The van der Waals surface area contributed by atoms with E-state index in [2.05, 4.69) is 15.1 Å². The van der Waals surface area contributed by atoms with E-state index in [1.165, 1.54) is 0 Å². The Morgan fingerprint density at radius 1 is 1.10 bits per heavy atom. The minimum Gasteiger partial charge on any atom is -0.418 e. The van der Waals surface area contributed by atoms with Gasteiger partial charge in [-0.25, -0.2) is 14.7 Å². The second-order valence-corrected chi connectivity index (χ2v) is 7.70. The van der Waals surface area contributed by atoms with Crippen LogP contribution >= 0.6 is 11.6 Å². The van der Waals surface area contributed by atoms with E-state index in [1.54, 1.807) is 24.3 Å². The minimum absolute atomic E-state index is 0.0192. The zero-order valence-corrected chi connectivity index (χ0v) is 17.7. The number of fused-ring (bicyclic) bond motifs is 1. The van der Waals surface area contributed by atoms with E-state index in [-0.39, 0.29) is 28.3 Å². The lowest BCUT2D eigenvalue weighted by Crippen LogP contribution is -2.11. The van der Waals surface area contributed by atoms with Gasteiger partial charge in [0.2, 0.25) is 11.4 Å². The van der Waals surface area contributed by atoms with Gasteiger partial charge in [-0.15, -0.1) is 0 Å². The van der Waals surface area contributed by atoms with E-state index in [0.29, 0.717) is 16.5 Å². The number of para-hydroxylation sites is 2. The molecule has 0 atom stereocenters. The van der Waals surface area contributed by atoms with Crippen LogP contribution in [0.3, 0.4) is 0 Å². The molecule has 2 aromatic carbocycles. The van der Waals surface area contributed by atoms with Crippen molar-refractivity contribution in [1.29, 1.82) is 0 Å². The monoisotopic (exact) mass is 446 g/mol. The van der Waals surface area contributed by atoms with E-state index in [0.717, 1.165) is 16.3 Å². The van der Waals surface area contributed by atoms with Crippen LogP contribution in [0, 0.1) is 6.92 Å². The molecular formula is C22H18ClF3N4O. The van der Waals surface area contributed by atoms with Gasteiger partial charge in [-0.2, -0.15) is 18.3 Å². The predicted molar refractivity (Wildman–Crippen MR) is 112 cm³/mol. The van der Waals surface area contributed by atoms with Crippen LogP contribution < -0.4 is 5.55 Å². The first-order valence-corrected chi connectivity index (χ1v) is 9.90. The van der Waals surface area contributed by atoms with Crippen molar-refractivity contribution >= 4 is 22.5 Å². The van der Waals surface area contributed by atoms with Crippen LogP contribution in [0.25, 0.3) is 28.2 Å². The summed E-state index contributed by atoms with van der Waals surface area (Å²) in [5, 5.41) is 4.68. The second-order valence-electron chi connectivity index (χ2n) is 7.29. The molecule has 0 fully saturated rings. The smallest absolute Gasteiger partial charge is 0.418 e. The lowest BCUT2D eigenvalue weighted by molar-refractivity contribution is -0.141. The summed E-state index contributed by atoms with van der Waals surface area (Å²) in [7, 11) is 0. The van der Waals surface area contributed by atoms with Crippen molar-refractivity contribution in [3.63, 3.8) is 0 Å².